The Bertz CT molecular complexity index is 1370. The van der Waals surface area contributed by atoms with Crippen LogP contribution in [0.15, 0.2) is 82.7 Å². The van der Waals surface area contributed by atoms with Crippen molar-refractivity contribution < 1.29 is 9.53 Å². The van der Waals surface area contributed by atoms with Crippen molar-refractivity contribution in [2.75, 3.05) is 19.0 Å². The lowest BCUT2D eigenvalue weighted by Gasteiger charge is -2.20. The van der Waals surface area contributed by atoms with Gasteiger partial charge in [-0.3, -0.25) is 14.2 Å². The number of nitrogens with zero attached hydrogens (tertiary/aromatic N) is 2. The van der Waals surface area contributed by atoms with Gasteiger partial charge in [-0.25, -0.2) is 4.98 Å². The Morgan fingerprint density at radius 1 is 1.06 bits per heavy atom. The summed E-state index contributed by atoms with van der Waals surface area (Å²) >= 11 is 1.27. The summed E-state index contributed by atoms with van der Waals surface area (Å²) in [6, 6.07) is 22.8. The van der Waals surface area contributed by atoms with E-state index in [0.717, 1.165) is 22.4 Å². The van der Waals surface area contributed by atoms with Gasteiger partial charge in [0.15, 0.2) is 5.16 Å². The number of nitrogens with one attached hydrogen (secondary N) is 1. The van der Waals surface area contributed by atoms with Gasteiger partial charge in [0.1, 0.15) is 5.25 Å². The largest absolute Gasteiger partial charge is 0.383 e. The molecule has 4 aromatic rings. The number of para-hydroxylation sites is 1. The van der Waals surface area contributed by atoms with E-state index in [2.05, 4.69) is 5.32 Å². The number of fused-ring (bicyclic) bond motifs is 1. The number of thioether (sulfide) groups is 1. The number of methoxy groups -OCH3 is 1. The fraction of sp³-hybridized carbons (Fsp3) is 0.222. The summed E-state index contributed by atoms with van der Waals surface area (Å²) in [4.78, 5) is 31.6. The number of aromatic nitrogens is 2. The molecule has 0 aliphatic carbocycles. The van der Waals surface area contributed by atoms with Gasteiger partial charge < -0.3 is 10.1 Å². The molecule has 0 unspecified atom stereocenters. The zero-order chi connectivity index (χ0) is 24.1. The zero-order valence-corrected chi connectivity index (χ0v) is 20.3. The summed E-state index contributed by atoms with van der Waals surface area (Å²) in [7, 11) is 1.59. The Morgan fingerprint density at radius 2 is 1.79 bits per heavy atom. The van der Waals surface area contributed by atoms with E-state index in [4.69, 9.17) is 9.72 Å². The van der Waals surface area contributed by atoms with Crippen LogP contribution in [0.2, 0.25) is 0 Å². The SMILES string of the molecule is COCCn1c(S[C@@H](C(=O)Nc2cc(C)ccc2C)c2ccccc2)nc2ccccc2c1=O. The normalized spacial score (nSPS) is 12.0. The molecule has 7 heteroatoms. The van der Waals surface area contributed by atoms with E-state index in [1.54, 1.807) is 17.7 Å². The van der Waals surface area contributed by atoms with Gasteiger partial charge in [-0.2, -0.15) is 0 Å². The van der Waals surface area contributed by atoms with Crippen molar-refractivity contribution in [3.05, 3.63) is 99.8 Å². The Labute approximate surface area is 203 Å². The molecule has 0 spiro atoms. The highest BCUT2D eigenvalue weighted by Crippen LogP contribution is 2.36. The summed E-state index contributed by atoms with van der Waals surface area (Å²) in [6.45, 7) is 4.66. The molecule has 3 aromatic carbocycles. The van der Waals surface area contributed by atoms with Gasteiger partial charge in [0.25, 0.3) is 5.56 Å². The number of rotatable bonds is 8. The maximum absolute atomic E-state index is 13.6. The molecule has 0 aliphatic heterocycles. The number of aryl methyl sites for hydroxylation is 2. The average molecular weight is 474 g/mol. The van der Waals surface area contributed by atoms with Crippen molar-refractivity contribution in [2.24, 2.45) is 0 Å². The Hall–Kier alpha value is -3.42. The molecular formula is C27H27N3O3S. The van der Waals surface area contributed by atoms with Gasteiger partial charge in [-0.15, -0.1) is 0 Å². The Morgan fingerprint density at radius 3 is 2.56 bits per heavy atom. The molecule has 0 aliphatic rings. The van der Waals surface area contributed by atoms with Gasteiger partial charge >= 0.3 is 0 Å². The van der Waals surface area contributed by atoms with Crippen LogP contribution >= 0.6 is 11.8 Å². The predicted molar refractivity (Wildman–Crippen MR) is 137 cm³/mol. The first kappa shape index (κ1) is 23.7. The first-order valence-corrected chi connectivity index (χ1v) is 11.9. The lowest BCUT2D eigenvalue weighted by molar-refractivity contribution is -0.115. The van der Waals surface area contributed by atoms with Gasteiger partial charge in [0.2, 0.25) is 5.91 Å². The molecule has 1 aromatic heterocycles. The topological polar surface area (TPSA) is 73.2 Å². The number of amides is 1. The fourth-order valence-electron chi connectivity index (χ4n) is 3.69. The number of carbonyl (C=O) groups is 1. The van der Waals surface area contributed by atoms with E-state index in [9.17, 15) is 9.59 Å². The molecule has 1 N–H and O–H groups in total. The Balaban J connectivity index is 1.77. The van der Waals surface area contributed by atoms with Gasteiger partial charge in [0, 0.05) is 12.8 Å². The lowest BCUT2D eigenvalue weighted by Crippen LogP contribution is -2.27. The lowest BCUT2D eigenvalue weighted by atomic mass is 10.1. The van der Waals surface area contributed by atoms with Crippen LogP contribution < -0.4 is 10.9 Å². The van der Waals surface area contributed by atoms with Crippen molar-refractivity contribution in [3.63, 3.8) is 0 Å². The molecule has 34 heavy (non-hydrogen) atoms. The second-order valence-electron chi connectivity index (χ2n) is 8.08. The number of hydrogen-bond donors (Lipinski definition) is 1. The smallest absolute Gasteiger partial charge is 0.262 e. The Kier molecular flexibility index (Phi) is 7.45. The third-order valence-corrected chi connectivity index (χ3v) is 6.80. The number of hydrogen-bond acceptors (Lipinski definition) is 5. The minimum atomic E-state index is -0.608. The molecule has 4 rings (SSSR count). The first-order valence-electron chi connectivity index (χ1n) is 11.1. The highest BCUT2D eigenvalue weighted by molar-refractivity contribution is 8.00. The standard InChI is InChI=1S/C27H27N3O3S/c1-18-13-14-19(2)23(17-18)28-25(31)24(20-9-5-4-6-10-20)34-27-29-22-12-8-7-11-21(22)26(32)30(27)15-16-33-3/h4-14,17,24H,15-16H2,1-3H3,(H,28,31)/t24-/m1/s1. The number of benzene rings is 3. The molecule has 0 saturated carbocycles. The monoisotopic (exact) mass is 473 g/mol. The van der Waals surface area contributed by atoms with Gasteiger partial charge in [-0.05, 0) is 48.7 Å². The van der Waals surface area contributed by atoms with Gasteiger partial charge in [-0.1, -0.05) is 66.4 Å². The summed E-state index contributed by atoms with van der Waals surface area (Å²) in [5.74, 6) is -0.175. The molecule has 0 saturated heterocycles. The van der Waals surface area contributed by atoms with Crippen LogP contribution in [-0.2, 0) is 16.1 Å². The van der Waals surface area contributed by atoms with Crippen LogP contribution in [-0.4, -0.2) is 29.2 Å². The highest BCUT2D eigenvalue weighted by atomic mass is 32.2. The molecule has 0 fully saturated rings. The van der Waals surface area contributed by atoms with Crippen LogP contribution in [0, 0.1) is 13.8 Å². The van der Waals surface area contributed by atoms with E-state index in [0.29, 0.717) is 29.2 Å². The van der Waals surface area contributed by atoms with Gasteiger partial charge in [0.05, 0.1) is 24.1 Å². The molecule has 1 atom stereocenters. The maximum Gasteiger partial charge on any atom is 0.262 e. The average Bonchev–Trinajstić information content (AvgIpc) is 2.85. The number of anilines is 1. The summed E-state index contributed by atoms with van der Waals surface area (Å²) in [6.07, 6.45) is 0. The van der Waals surface area contributed by atoms with Crippen LogP contribution in [0.5, 0.6) is 0 Å². The predicted octanol–water partition coefficient (Wildman–Crippen LogP) is 5.13. The third kappa shape index (κ3) is 5.21. The first-order chi connectivity index (χ1) is 16.5. The van der Waals surface area contributed by atoms with Crippen molar-refractivity contribution in [3.8, 4) is 0 Å². The summed E-state index contributed by atoms with van der Waals surface area (Å²) in [5, 5.41) is 3.49. The number of ether oxygens (including phenoxy) is 1. The van der Waals surface area contributed by atoms with Crippen LogP contribution in [0.25, 0.3) is 10.9 Å². The molecule has 174 valence electrons. The maximum atomic E-state index is 13.6. The van der Waals surface area contributed by atoms with Crippen LogP contribution in [0.4, 0.5) is 5.69 Å². The third-order valence-electron chi connectivity index (χ3n) is 5.56. The molecule has 0 bridgehead atoms. The van der Waals surface area contributed by atoms with Crippen LogP contribution in [0.1, 0.15) is 21.9 Å². The molecule has 1 amide bonds. The highest BCUT2D eigenvalue weighted by Gasteiger charge is 2.25. The van der Waals surface area contributed by atoms with E-state index in [1.807, 2.05) is 80.6 Å². The quantitative estimate of drug-likeness (QED) is 0.284. The molecule has 0 radical (unpaired) electrons. The van der Waals surface area contributed by atoms with E-state index >= 15 is 0 Å². The van der Waals surface area contributed by atoms with Crippen molar-refractivity contribution in [1.82, 2.24) is 9.55 Å². The molecular weight excluding hydrogens is 446 g/mol. The van der Waals surface area contributed by atoms with Crippen molar-refractivity contribution in [1.29, 1.82) is 0 Å². The van der Waals surface area contributed by atoms with Crippen LogP contribution in [0.3, 0.4) is 0 Å². The second-order valence-corrected chi connectivity index (χ2v) is 9.15. The minimum absolute atomic E-state index is 0.146. The summed E-state index contributed by atoms with van der Waals surface area (Å²) in [5.41, 5.74) is 4.11. The summed E-state index contributed by atoms with van der Waals surface area (Å²) < 4.78 is 6.83. The van der Waals surface area contributed by atoms with Crippen molar-refractivity contribution >= 4 is 34.3 Å². The molecule has 6 nitrogen and oxygen atoms in total. The van der Waals surface area contributed by atoms with E-state index < -0.39 is 5.25 Å². The zero-order valence-electron chi connectivity index (χ0n) is 19.4. The minimum Gasteiger partial charge on any atom is -0.383 e. The van der Waals surface area contributed by atoms with E-state index in [-0.39, 0.29) is 11.5 Å². The fourth-order valence-corrected chi connectivity index (χ4v) is 4.81. The molecule has 1 heterocycles. The van der Waals surface area contributed by atoms with E-state index in [1.165, 1.54) is 11.8 Å². The second kappa shape index (κ2) is 10.7. The number of carbonyl (C=O) groups excluding carboxylic acids is 1. The van der Waals surface area contributed by atoms with Crippen molar-refractivity contribution in [2.45, 2.75) is 30.8 Å².